The van der Waals surface area contributed by atoms with Crippen LogP contribution in [0.3, 0.4) is 0 Å². The van der Waals surface area contributed by atoms with E-state index in [0.717, 1.165) is 62.2 Å². The maximum Gasteiger partial charge on any atom is 0.170 e. The Morgan fingerprint density at radius 2 is 1.94 bits per heavy atom. The summed E-state index contributed by atoms with van der Waals surface area (Å²) in [6.07, 6.45) is 5.03. The maximum absolute atomic E-state index is 6.28. The monoisotopic (exact) mass is 472 g/mol. The molecule has 1 aromatic heterocycles. The van der Waals surface area contributed by atoms with Crippen LogP contribution in [0.1, 0.15) is 38.7 Å². The predicted molar refractivity (Wildman–Crippen MR) is 137 cm³/mol. The first-order valence-corrected chi connectivity index (χ1v) is 12.3. The molecule has 2 aromatic rings. The zero-order chi connectivity index (χ0) is 22.6. The summed E-state index contributed by atoms with van der Waals surface area (Å²) in [6.45, 7) is 8.99. The number of rotatable bonds is 5. The maximum atomic E-state index is 6.28. The van der Waals surface area contributed by atoms with Crippen LogP contribution in [0.15, 0.2) is 42.6 Å². The van der Waals surface area contributed by atoms with Gasteiger partial charge in [-0.2, -0.15) is 0 Å². The van der Waals surface area contributed by atoms with Crippen LogP contribution < -0.4 is 15.5 Å². The molecule has 2 saturated heterocycles. The van der Waals surface area contributed by atoms with Crippen LogP contribution in [-0.2, 0) is 10.2 Å². The van der Waals surface area contributed by atoms with Crippen LogP contribution in [0.25, 0.3) is 0 Å². The van der Waals surface area contributed by atoms with Gasteiger partial charge in [-0.25, -0.2) is 4.98 Å². The molecule has 0 spiro atoms. The van der Waals surface area contributed by atoms with E-state index in [0.29, 0.717) is 16.9 Å². The number of thiocarbonyl (C=S) groups is 1. The van der Waals surface area contributed by atoms with Crippen molar-refractivity contribution in [3.63, 3.8) is 0 Å². The number of pyridine rings is 1. The largest absolute Gasteiger partial charge is 0.381 e. The van der Waals surface area contributed by atoms with E-state index < -0.39 is 0 Å². The van der Waals surface area contributed by atoms with Crippen molar-refractivity contribution < 1.29 is 4.74 Å². The molecule has 0 amide bonds. The van der Waals surface area contributed by atoms with Gasteiger partial charge in [-0.05, 0) is 73.1 Å². The quantitative estimate of drug-likeness (QED) is 0.579. The van der Waals surface area contributed by atoms with Gasteiger partial charge < -0.3 is 20.3 Å². The number of nitrogens with zero attached hydrogens (tertiary/aromatic N) is 2. The first kappa shape index (κ1) is 23.3. The minimum atomic E-state index is -0.0430. The predicted octanol–water partition coefficient (Wildman–Crippen LogP) is 5.25. The molecule has 2 N–H and O–H groups in total. The Bertz CT molecular complexity index is 906. The van der Waals surface area contributed by atoms with E-state index in [1.54, 1.807) is 0 Å². The highest BCUT2D eigenvalue weighted by Gasteiger charge is 2.34. The van der Waals surface area contributed by atoms with E-state index in [-0.39, 0.29) is 5.41 Å². The van der Waals surface area contributed by atoms with E-state index in [1.165, 1.54) is 12.0 Å². The molecule has 3 heterocycles. The standard InChI is InChI=1S/C25H33ClN4OS/c1-18-12-19(2)16-30(15-18)23-7-6-22(14-27-23)29-24(32)28-17-25(8-10-31-11-9-25)20-4-3-5-21(26)13-20/h3-7,13-14,18-19H,8-12,15-17H2,1-2H3,(H2,28,29,32)/t18-,19-/m0/s1. The van der Waals surface area contributed by atoms with Gasteiger partial charge in [0, 0.05) is 43.3 Å². The Labute approximate surface area is 201 Å². The molecule has 0 bridgehead atoms. The van der Waals surface area contributed by atoms with Crippen molar-refractivity contribution in [1.29, 1.82) is 0 Å². The Morgan fingerprint density at radius 1 is 1.19 bits per heavy atom. The molecule has 4 rings (SSSR count). The average Bonchev–Trinajstić information content (AvgIpc) is 2.78. The molecule has 2 aliphatic heterocycles. The lowest BCUT2D eigenvalue weighted by molar-refractivity contribution is 0.0515. The number of ether oxygens (including phenoxy) is 1. The number of hydrogen-bond acceptors (Lipinski definition) is 4. The smallest absolute Gasteiger partial charge is 0.170 e. The Balaban J connectivity index is 1.36. The summed E-state index contributed by atoms with van der Waals surface area (Å²) in [6, 6.07) is 12.3. The van der Waals surface area contributed by atoms with Gasteiger partial charge in [-0.3, -0.25) is 0 Å². The number of halogens is 1. The number of anilines is 2. The van der Waals surface area contributed by atoms with Gasteiger partial charge in [0.2, 0.25) is 0 Å². The fraction of sp³-hybridized carbons (Fsp3) is 0.520. The van der Waals surface area contributed by atoms with Crippen molar-refractivity contribution in [2.45, 2.75) is 38.5 Å². The van der Waals surface area contributed by atoms with Crippen LogP contribution in [-0.4, -0.2) is 42.9 Å². The van der Waals surface area contributed by atoms with Crippen molar-refractivity contribution in [2.24, 2.45) is 11.8 Å². The number of aromatic nitrogens is 1. The molecule has 1 aromatic carbocycles. The summed E-state index contributed by atoms with van der Waals surface area (Å²) < 4.78 is 5.63. The SMILES string of the molecule is C[C@H]1C[C@H](C)CN(c2ccc(NC(=S)NCC3(c4cccc(Cl)c4)CCOCC3)cn2)C1. The van der Waals surface area contributed by atoms with Crippen molar-refractivity contribution in [2.75, 3.05) is 43.1 Å². The van der Waals surface area contributed by atoms with Gasteiger partial charge in [0.25, 0.3) is 0 Å². The summed E-state index contributed by atoms with van der Waals surface area (Å²) in [5, 5.41) is 8.09. The second kappa shape index (κ2) is 10.4. The molecule has 172 valence electrons. The molecule has 7 heteroatoms. The lowest BCUT2D eigenvalue weighted by Gasteiger charge is -2.38. The van der Waals surface area contributed by atoms with Gasteiger partial charge in [0.15, 0.2) is 5.11 Å². The van der Waals surface area contributed by atoms with Gasteiger partial charge in [0.05, 0.1) is 11.9 Å². The van der Waals surface area contributed by atoms with Crippen molar-refractivity contribution >= 4 is 40.4 Å². The lowest BCUT2D eigenvalue weighted by atomic mass is 9.74. The third-order valence-corrected chi connectivity index (χ3v) is 7.15. The Hall–Kier alpha value is -1.89. The van der Waals surface area contributed by atoms with Crippen LogP contribution >= 0.6 is 23.8 Å². The highest BCUT2D eigenvalue weighted by molar-refractivity contribution is 7.80. The van der Waals surface area contributed by atoms with Crippen LogP contribution in [0.5, 0.6) is 0 Å². The van der Waals surface area contributed by atoms with Gasteiger partial charge >= 0.3 is 0 Å². The van der Waals surface area contributed by atoms with E-state index in [9.17, 15) is 0 Å². The van der Waals surface area contributed by atoms with E-state index in [1.807, 2.05) is 18.3 Å². The zero-order valence-electron chi connectivity index (χ0n) is 18.9. The minimum Gasteiger partial charge on any atom is -0.381 e. The van der Waals surface area contributed by atoms with Crippen LogP contribution in [0.4, 0.5) is 11.5 Å². The van der Waals surface area contributed by atoms with Gasteiger partial charge in [-0.1, -0.05) is 37.6 Å². The van der Waals surface area contributed by atoms with Crippen LogP contribution in [0.2, 0.25) is 5.02 Å². The average molecular weight is 473 g/mol. The summed E-state index contributed by atoms with van der Waals surface area (Å²) in [5.74, 6) is 2.44. The fourth-order valence-corrected chi connectivity index (χ4v) is 5.45. The number of nitrogens with one attached hydrogen (secondary N) is 2. The van der Waals surface area contributed by atoms with Crippen molar-refractivity contribution in [3.8, 4) is 0 Å². The second-order valence-electron chi connectivity index (χ2n) is 9.47. The molecule has 0 unspecified atom stereocenters. The summed E-state index contributed by atoms with van der Waals surface area (Å²) in [5.41, 5.74) is 2.09. The second-order valence-corrected chi connectivity index (χ2v) is 10.3. The van der Waals surface area contributed by atoms with E-state index in [2.05, 4.69) is 53.6 Å². The van der Waals surface area contributed by atoms with Crippen molar-refractivity contribution in [1.82, 2.24) is 10.3 Å². The Kier molecular flexibility index (Phi) is 7.54. The molecule has 2 atom stereocenters. The molecular formula is C25H33ClN4OS. The first-order valence-electron chi connectivity index (χ1n) is 11.5. The van der Waals surface area contributed by atoms with E-state index >= 15 is 0 Å². The summed E-state index contributed by atoms with van der Waals surface area (Å²) in [7, 11) is 0. The Morgan fingerprint density at radius 3 is 2.59 bits per heavy atom. The van der Waals surface area contributed by atoms with Gasteiger partial charge in [0.1, 0.15) is 5.82 Å². The molecular weight excluding hydrogens is 440 g/mol. The van der Waals surface area contributed by atoms with Gasteiger partial charge in [-0.15, -0.1) is 0 Å². The highest BCUT2D eigenvalue weighted by atomic mass is 35.5. The number of piperidine rings is 1. The van der Waals surface area contributed by atoms with Crippen LogP contribution in [0, 0.1) is 11.8 Å². The molecule has 2 fully saturated rings. The topological polar surface area (TPSA) is 49.4 Å². The zero-order valence-corrected chi connectivity index (χ0v) is 20.5. The summed E-state index contributed by atoms with van der Waals surface area (Å²) in [4.78, 5) is 7.08. The molecule has 5 nitrogen and oxygen atoms in total. The fourth-order valence-electron chi connectivity index (χ4n) is 5.07. The minimum absolute atomic E-state index is 0.0430. The molecule has 32 heavy (non-hydrogen) atoms. The highest BCUT2D eigenvalue weighted by Crippen LogP contribution is 2.35. The van der Waals surface area contributed by atoms with E-state index in [4.69, 9.17) is 33.5 Å². The molecule has 0 aliphatic carbocycles. The molecule has 2 aliphatic rings. The number of hydrogen-bond donors (Lipinski definition) is 2. The molecule has 0 radical (unpaired) electrons. The third-order valence-electron chi connectivity index (χ3n) is 6.67. The number of benzene rings is 1. The molecule has 0 saturated carbocycles. The summed E-state index contributed by atoms with van der Waals surface area (Å²) >= 11 is 11.9. The van der Waals surface area contributed by atoms with Crippen molar-refractivity contribution in [3.05, 3.63) is 53.2 Å². The first-order chi connectivity index (χ1) is 15.4. The normalized spacial score (nSPS) is 22.9. The lowest BCUT2D eigenvalue weighted by Crippen LogP contribution is -2.45. The third kappa shape index (κ3) is 5.72.